The van der Waals surface area contributed by atoms with Crippen LogP contribution in [0, 0.1) is 0 Å². The third kappa shape index (κ3) is 4.03. The maximum atomic E-state index is 12.0. The van der Waals surface area contributed by atoms with Crippen molar-refractivity contribution < 1.29 is 4.79 Å². The van der Waals surface area contributed by atoms with Gasteiger partial charge in [0, 0.05) is 44.6 Å². The second kappa shape index (κ2) is 7.17. The van der Waals surface area contributed by atoms with Crippen molar-refractivity contribution in [1.82, 2.24) is 15.1 Å². The van der Waals surface area contributed by atoms with Gasteiger partial charge in [0.2, 0.25) is 0 Å². The van der Waals surface area contributed by atoms with Gasteiger partial charge in [-0.3, -0.25) is 10.00 Å². The minimum Gasteiger partial charge on any atom is -0.371 e. The highest BCUT2D eigenvalue weighted by Crippen LogP contribution is 2.23. The van der Waals surface area contributed by atoms with E-state index in [-0.39, 0.29) is 6.03 Å². The van der Waals surface area contributed by atoms with Crippen molar-refractivity contribution in [2.45, 2.75) is 25.8 Å². The minimum atomic E-state index is -0.239. The smallest absolute Gasteiger partial charge is 0.320 e. The number of para-hydroxylation sites is 1. The molecule has 2 heterocycles. The molecule has 0 atom stereocenters. The van der Waals surface area contributed by atoms with Crippen molar-refractivity contribution >= 4 is 17.5 Å². The Morgan fingerprint density at radius 2 is 1.96 bits per heavy atom. The number of piperidine rings is 1. The molecule has 0 spiro atoms. The highest BCUT2D eigenvalue weighted by atomic mass is 16.2. The van der Waals surface area contributed by atoms with Crippen LogP contribution >= 0.6 is 0 Å². The molecule has 2 N–H and O–H groups in total. The summed E-state index contributed by atoms with van der Waals surface area (Å²) in [6.45, 7) is 2.69. The monoisotopic (exact) mass is 313 g/mol. The number of aryl methyl sites for hydroxylation is 1. The Labute approximate surface area is 136 Å². The molecule has 1 fully saturated rings. The number of anilines is 2. The van der Waals surface area contributed by atoms with Gasteiger partial charge >= 0.3 is 6.03 Å². The van der Waals surface area contributed by atoms with E-state index in [1.807, 2.05) is 13.1 Å². The van der Waals surface area contributed by atoms with Crippen LogP contribution < -0.4 is 15.5 Å². The van der Waals surface area contributed by atoms with E-state index in [9.17, 15) is 4.79 Å². The van der Waals surface area contributed by atoms with Crippen LogP contribution in [0.5, 0.6) is 0 Å². The number of hydrogen-bond donors (Lipinski definition) is 2. The van der Waals surface area contributed by atoms with Gasteiger partial charge in [-0.25, -0.2) is 4.79 Å². The minimum absolute atomic E-state index is 0.239. The van der Waals surface area contributed by atoms with E-state index in [2.05, 4.69) is 38.8 Å². The van der Waals surface area contributed by atoms with Gasteiger partial charge in [-0.15, -0.1) is 0 Å². The van der Waals surface area contributed by atoms with E-state index in [0.29, 0.717) is 12.4 Å². The molecule has 3 rings (SSSR count). The van der Waals surface area contributed by atoms with Crippen molar-refractivity contribution in [2.24, 2.45) is 7.05 Å². The standard InChI is InChI=1S/C17H23N5O/c1-21-12-9-16(20-21)19-17(23)18-13-14-7-3-4-8-15(14)22-10-5-2-6-11-22/h3-4,7-9,12H,2,5-6,10-11,13H2,1H3,(H2,18,19,20,23). The SMILES string of the molecule is Cn1ccc(NC(=O)NCc2ccccc2N2CCCCC2)n1. The molecule has 0 radical (unpaired) electrons. The Bertz CT molecular complexity index is 661. The number of rotatable bonds is 4. The average Bonchev–Trinajstić information content (AvgIpc) is 2.99. The van der Waals surface area contributed by atoms with Crippen LogP contribution in [0.2, 0.25) is 0 Å². The largest absolute Gasteiger partial charge is 0.371 e. The van der Waals surface area contributed by atoms with Crippen molar-refractivity contribution in [1.29, 1.82) is 0 Å². The predicted molar refractivity (Wildman–Crippen MR) is 91.6 cm³/mol. The lowest BCUT2D eigenvalue weighted by molar-refractivity contribution is 0.251. The molecule has 6 nitrogen and oxygen atoms in total. The molecule has 1 aliphatic heterocycles. The van der Waals surface area contributed by atoms with Gasteiger partial charge in [0.25, 0.3) is 0 Å². The molecule has 2 aromatic rings. The summed E-state index contributed by atoms with van der Waals surface area (Å²) in [5.74, 6) is 0.550. The number of nitrogens with one attached hydrogen (secondary N) is 2. The molecule has 1 aromatic carbocycles. The summed E-state index contributed by atoms with van der Waals surface area (Å²) in [5, 5.41) is 9.78. The van der Waals surface area contributed by atoms with Crippen molar-refractivity contribution in [3.05, 3.63) is 42.1 Å². The maximum Gasteiger partial charge on any atom is 0.320 e. The number of aromatic nitrogens is 2. The van der Waals surface area contributed by atoms with E-state index in [1.54, 1.807) is 16.9 Å². The first-order chi connectivity index (χ1) is 11.2. The third-order valence-corrected chi connectivity index (χ3v) is 4.08. The van der Waals surface area contributed by atoms with Crippen LogP contribution in [0.3, 0.4) is 0 Å². The number of carbonyl (C=O) groups is 1. The van der Waals surface area contributed by atoms with E-state index in [1.165, 1.54) is 24.9 Å². The number of urea groups is 1. The van der Waals surface area contributed by atoms with Crippen molar-refractivity contribution in [3.63, 3.8) is 0 Å². The number of amides is 2. The second-order valence-electron chi connectivity index (χ2n) is 5.86. The fraction of sp³-hybridized carbons (Fsp3) is 0.412. The van der Waals surface area contributed by atoms with Crippen molar-refractivity contribution in [3.8, 4) is 0 Å². The van der Waals surface area contributed by atoms with Gasteiger partial charge in [-0.2, -0.15) is 5.10 Å². The Morgan fingerprint density at radius 1 is 1.17 bits per heavy atom. The fourth-order valence-corrected chi connectivity index (χ4v) is 2.92. The first-order valence-electron chi connectivity index (χ1n) is 8.10. The molecular weight excluding hydrogens is 290 g/mol. The average molecular weight is 313 g/mol. The number of hydrogen-bond acceptors (Lipinski definition) is 3. The summed E-state index contributed by atoms with van der Waals surface area (Å²) in [6.07, 6.45) is 5.58. The number of carbonyl (C=O) groups excluding carboxylic acids is 1. The molecule has 23 heavy (non-hydrogen) atoms. The van der Waals surface area contributed by atoms with Gasteiger partial charge in [-0.05, 0) is 30.9 Å². The van der Waals surface area contributed by atoms with Gasteiger partial charge in [0.15, 0.2) is 5.82 Å². The zero-order valence-electron chi connectivity index (χ0n) is 13.5. The van der Waals surface area contributed by atoms with Gasteiger partial charge in [0.05, 0.1) is 0 Å². The fourth-order valence-electron chi connectivity index (χ4n) is 2.92. The number of nitrogens with zero attached hydrogens (tertiary/aromatic N) is 3. The van der Waals surface area contributed by atoms with Crippen LogP contribution in [0.25, 0.3) is 0 Å². The van der Waals surface area contributed by atoms with Crippen molar-refractivity contribution in [2.75, 3.05) is 23.3 Å². The van der Waals surface area contributed by atoms with E-state index >= 15 is 0 Å². The van der Waals surface area contributed by atoms with E-state index in [4.69, 9.17) is 0 Å². The molecule has 0 saturated carbocycles. The quantitative estimate of drug-likeness (QED) is 0.912. The summed E-state index contributed by atoms with van der Waals surface area (Å²) in [5.41, 5.74) is 2.37. The van der Waals surface area contributed by atoms with Crippen LogP contribution in [-0.4, -0.2) is 28.9 Å². The molecule has 1 aromatic heterocycles. The summed E-state index contributed by atoms with van der Waals surface area (Å²) in [4.78, 5) is 14.4. The topological polar surface area (TPSA) is 62.2 Å². The molecule has 0 aliphatic carbocycles. The predicted octanol–water partition coefficient (Wildman–Crippen LogP) is 2.73. The molecular formula is C17H23N5O. The third-order valence-electron chi connectivity index (χ3n) is 4.08. The maximum absolute atomic E-state index is 12.0. The zero-order chi connectivity index (χ0) is 16.1. The molecule has 0 bridgehead atoms. The second-order valence-corrected chi connectivity index (χ2v) is 5.86. The lowest BCUT2D eigenvalue weighted by Crippen LogP contribution is -2.32. The normalized spacial score (nSPS) is 14.6. The van der Waals surface area contributed by atoms with E-state index < -0.39 is 0 Å². The van der Waals surface area contributed by atoms with Crippen LogP contribution in [0.4, 0.5) is 16.3 Å². The van der Waals surface area contributed by atoms with Gasteiger partial charge in [-0.1, -0.05) is 18.2 Å². The van der Waals surface area contributed by atoms with Crippen LogP contribution in [0.15, 0.2) is 36.5 Å². The summed E-state index contributed by atoms with van der Waals surface area (Å²) >= 11 is 0. The summed E-state index contributed by atoms with van der Waals surface area (Å²) in [6, 6.07) is 9.81. The zero-order valence-corrected chi connectivity index (χ0v) is 13.5. The molecule has 1 saturated heterocycles. The Balaban J connectivity index is 1.60. The summed E-state index contributed by atoms with van der Waals surface area (Å²) in [7, 11) is 1.82. The Morgan fingerprint density at radius 3 is 2.70 bits per heavy atom. The first kappa shape index (κ1) is 15.4. The Hall–Kier alpha value is -2.50. The van der Waals surface area contributed by atoms with Gasteiger partial charge < -0.3 is 10.2 Å². The highest BCUT2D eigenvalue weighted by molar-refractivity contribution is 5.88. The van der Waals surface area contributed by atoms with E-state index in [0.717, 1.165) is 18.7 Å². The molecule has 1 aliphatic rings. The van der Waals surface area contributed by atoms with Crippen LogP contribution in [-0.2, 0) is 13.6 Å². The van der Waals surface area contributed by atoms with Crippen LogP contribution in [0.1, 0.15) is 24.8 Å². The first-order valence-corrected chi connectivity index (χ1v) is 8.10. The number of benzene rings is 1. The molecule has 122 valence electrons. The molecule has 6 heteroatoms. The molecule has 2 amide bonds. The molecule has 0 unspecified atom stereocenters. The highest BCUT2D eigenvalue weighted by Gasteiger charge is 2.14. The Kier molecular flexibility index (Phi) is 4.80. The lowest BCUT2D eigenvalue weighted by atomic mass is 10.1. The lowest BCUT2D eigenvalue weighted by Gasteiger charge is -2.30. The van der Waals surface area contributed by atoms with Gasteiger partial charge in [0.1, 0.15) is 0 Å². The summed E-state index contributed by atoms with van der Waals surface area (Å²) < 4.78 is 1.65.